The number of methoxy groups -OCH3 is 1. The second-order valence-corrected chi connectivity index (χ2v) is 8.02. The molecule has 1 N–H and O–H groups in total. The molecule has 0 bridgehead atoms. The molecular weight excluding hydrogens is 382 g/mol. The third-order valence-electron chi connectivity index (χ3n) is 5.40. The summed E-state index contributed by atoms with van der Waals surface area (Å²) in [5, 5.41) is 5.11. The summed E-state index contributed by atoms with van der Waals surface area (Å²) in [7, 11) is 1.71. The van der Waals surface area contributed by atoms with E-state index in [0.717, 1.165) is 55.2 Å². The van der Waals surface area contributed by atoms with Gasteiger partial charge in [0.2, 0.25) is 5.91 Å². The molecule has 29 heavy (non-hydrogen) atoms. The van der Waals surface area contributed by atoms with Crippen molar-refractivity contribution in [1.29, 1.82) is 0 Å². The number of carbonyl (C=O) groups is 1. The standard InChI is InChI=1S/C23H25N3O2S/c1-28-22-8-3-2-5-19(22)14-26-11-9-17(10-12-26)23(27)25-20-7-4-6-18(13-20)21-15-29-16-24-21/h2-8,13,15-17H,9-12,14H2,1H3,(H,25,27). The Kier molecular flexibility index (Phi) is 6.22. The van der Waals surface area contributed by atoms with Crippen molar-refractivity contribution in [3.05, 3.63) is 65.0 Å². The van der Waals surface area contributed by atoms with Gasteiger partial charge in [0.1, 0.15) is 5.75 Å². The molecule has 1 aliphatic heterocycles. The Morgan fingerprint density at radius 2 is 2.03 bits per heavy atom. The van der Waals surface area contributed by atoms with Crippen molar-refractivity contribution in [1.82, 2.24) is 9.88 Å². The number of piperidine rings is 1. The zero-order valence-electron chi connectivity index (χ0n) is 16.5. The zero-order valence-corrected chi connectivity index (χ0v) is 17.3. The number of hydrogen-bond donors (Lipinski definition) is 1. The highest BCUT2D eigenvalue weighted by Crippen LogP contribution is 2.26. The average molecular weight is 408 g/mol. The predicted octanol–water partition coefficient (Wildman–Crippen LogP) is 4.67. The molecule has 1 aromatic heterocycles. The number of anilines is 1. The van der Waals surface area contributed by atoms with E-state index in [9.17, 15) is 4.79 Å². The maximum atomic E-state index is 12.8. The van der Waals surface area contributed by atoms with Crippen LogP contribution >= 0.6 is 11.3 Å². The van der Waals surface area contributed by atoms with E-state index in [1.54, 1.807) is 18.4 Å². The van der Waals surface area contributed by atoms with Crippen LogP contribution in [0.3, 0.4) is 0 Å². The number of likely N-dealkylation sites (tertiary alicyclic amines) is 1. The molecule has 1 aliphatic rings. The molecule has 150 valence electrons. The summed E-state index contributed by atoms with van der Waals surface area (Å²) in [4.78, 5) is 19.5. The lowest BCUT2D eigenvalue weighted by Crippen LogP contribution is -2.37. The topological polar surface area (TPSA) is 54.5 Å². The van der Waals surface area contributed by atoms with Gasteiger partial charge in [0.25, 0.3) is 0 Å². The molecule has 3 aromatic rings. The SMILES string of the molecule is COc1ccccc1CN1CCC(C(=O)Nc2cccc(-c3cscn3)c2)CC1. The van der Waals surface area contributed by atoms with E-state index in [2.05, 4.69) is 21.3 Å². The van der Waals surface area contributed by atoms with E-state index in [1.807, 2.05) is 53.4 Å². The van der Waals surface area contributed by atoms with Crippen LogP contribution in [0.1, 0.15) is 18.4 Å². The van der Waals surface area contributed by atoms with Crippen molar-refractivity contribution >= 4 is 22.9 Å². The van der Waals surface area contributed by atoms with Crippen LogP contribution in [0.25, 0.3) is 11.3 Å². The van der Waals surface area contributed by atoms with Gasteiger partial charge in [0.15, 0.2) is 0 Å². The Bertz CT molecular complexity index is 950. The number of benzene rings is 2. The molecular formula is C23H25N3O2S. The third-order valence-corrected chi connectivity index (χ3v) is 5.99. The number of aromatic nitrogens is 1. The summed E-state index contributed by atoms with van der Waals surface area (Å²) >= 11 is 1.57. The fourth-order valence-electron chi connectivity index (χ4n) is 3.78. The van der Waals surface area contributed by atoms with E-state index >= 15 is 0 Å². The lowest BCUT2D eigenvalue weighted by Gasteiger charge is -2.31. The van der Waals surface area contributed by atoms with Crippen LogP contribution < -0.4 is 10.1 Å². The molecule has 1 saturated heterocycles. The molecule has 2 aromatic carbocycles. The summed E-state index contributed by atoms with van der Waals surface area (Å²) in [6, 6.07) is 16.0. The second kappa shape index (κ2) is 9.20. The van der Waals surface area contributed by atoms with Gasteiger partial charge in [0, 0.05) is 34.7 Å². The van der Waals surface area contributed by atoms with Crippen molar-refractivity contribution in [2.75, 3.05) is 25.5 Å². The van der Waals surface area contributed by atoms with E-state index < -0.39 is 0 Å². The van der Waals surface area contributed by atoms with Gasteiger partial charge in [0.05, 0.1) is 18.3 Å². The molecule has 0 spiro atoms. The van der Waals surface area contributed by atoms with Crippen molar-refractivity contribution < 1.29 is 9.53 Å². The highest BCUT2D eigenvalue weighted by atomic mass is 32.1. The Morgan fingerprint density at radius 3 is 2.79 bits per heavy atom. The van der Waals surface area contributed by atoms with Gasteiger partial charge in [-0.15, -0.1) is 11.3 Å². The highest BCUT2D eigenvalue weighted by Gasteiger charge is 2.25. The molecule has 0 radical (unpaired) electrons. The van der Waals surface area contributed by atoms with Gasteiger partial charge in [-0.2, -0.15) is 0 Å². The lowest BCUT2D eigenvalue weighted by atomic mass is 9.95. The van der Waals surface area contributed by atoms with Gasteiger partial charge in [-0.25, -0.2) is 4.98 Å². The highest BCUT2D eigenvalue weighted by molar-refractivity contribution is 7.07. The lowest BCUT2D eigenvalue weighted by molar-refractivity contribution is -0.121. The first-order valence-corrected chi connectivity index (χ1v) is 10.8. The number of para-hydroxylation sites is 1. The summed E-state index contributed by atoms with van der Waals surface area (Å²) in [5.74, 6) is 1.08. The molecule has 2 heterocycles. The first kappa shape index (κ1) is 19.6. The Morgan fingerprint density at radius 1 is 1.21 bits per heavy atom. The number of nitrogens with one attached hydrogen (secondary N) is 1. The predicted molar refractivity (Wildman–Crippen MR) is 117 cm³/mol. The van der Waals surface area contributed by atoms with Crippen LogP contribution in [0.4, 0.5) is 5.69 Å². The number of amides is 1. The van der Waals surface area contributed by atoms with Gasteiger partial charge < -0.3 is 10.1 Å². The molecule has 6 heteroatoms. The molecule has 5 nitrogen and oxygen atoms in total. The molecule has 0 aliphatic carbocycles. The monoisotopic (exact) mass is 407 g/mol. The number of thiazole rings is 1. The summed E-state index contributed by atoms with van der Waals surface area (Å²) in [5.41, 5.74) is 5.81. The molecule has 0 unspecified atom stereocenters. The van der Waals surface area contributed by atoms with E-state index in [0.29, 0.717) is 0 Å². The van der Waals surface area contributed by atoms with Crippen LogP contribution in [-0.2, 0) is 11.3 Å². The maximum absolute atomic E-state index is 12.8. The van der Waals surface area contributed by atoms with Crippen molar-refractivity contribution in [2.24, 2.45) is 5.92 Å². The van der Waals surface area contributed by atoms with Crippen LogP contribution in [0.2, 0.25) is 0 Å². The number of carbonyl (C=O) groups excluding carboxylic acids is 1. The van der Waals surface area contributed by atoms with Crippen molar-refractivity contribution in [2.45, 2.75) is 19.4 Å². The maximum Gasteiger partial charge on any atom is 0.227 e. The van der Waals surface area contributed by atoms with Crippen molar-refractivity contribution in [3.63, 3.8) is 0 Å². The van der Waals surface area contributed by atoms with Gasteiger partial charge in [-0.3, -0.25) is 9.69 Å². The molecule has 4 rings (SSSR count). The Hall–Kier alpha value is -2.70. The van der Waals surface area contributed by atoms with E-state index in [1.165, 1.54) is 5.56 Å². The Balaban J connectivity index is 1.32. The zero-order chi connectivity index (χ0) is 20.1. The smallest absolute Gasteiger partial charge is 0.227 e. The molecule has 1 amide bonds. The summed E-state index contributed by atoms with van der Waals surface area (Å²) in [6.45, 7) is 2.68. The summed E-state index contributed by atoms with van der Waals surface area (Å²) < 4.78 is 5.45. The first-order chi connectivity index (χ1) is 14.2. The van der Waals surface area contributed by atoms with Gasteiger partial charge in [-0.05, 0) is 44.1 Å². The average Bonchev–Trinajstić information content (AvgIpc) is 3.30. The largest absolute Gasteiger partial charge is 0.496 e. The minimum absolute atomic E-state index is 0.0480. The number of rotatable bonds is 6. The Labute approximate surface area is 175 Å². The van der Waals surface area contributed by atoms with Crippen LogP contribution in [0.5, 0.6) is 5.75 Å². The van der Waals surface area contributed by atoms with Crippen LogP contribution in [-0.4, -0.2) is 36.0 Å². The number of nitrogens with zero attached hydrogens (tertiary/aromatic N) is 2. The quantitative estimate of drug-likeness (QED) is 0.645. The second-order valence-electron chi connectivity index (χ2n) is 7.31. The third kappa shape index (κ3) is 4.83. The summed E-state index contributed by atoms with van der Waals surface area (Å²) in [6.07, 6.45) is 1.74. The number of ether oxygens (including phenoxy) is 1. The van der Waals surface area contributed by atoms with Gasteiger partial charge in [-0.1, -0.05) is 30.3 Å². The van der Waals surface area contributed by atoms with E-state index in [-0.39, 0.29) is 11.8 Å². The fraction of sp³-hybridized carbons (Fsp3) is 0.304. The molecule has 0 saturated carbocycles. The molecule has 0 atom stereocenters. The minimum atomic E-state index is 0.0480. The normalized spacial score (nSPS) is 15.2. The van der Waals surface area contributed by atoms with Crippen LogP contribution in [0, 0.1) is 5.92 Å². The van der Waals surface area contributed by atoms with E-state index in [4.69, 9.17) is 4.74 Å². The van der Waals surface area contributed by atoms with Crippen molar-refractivity contribution in [3.8, 4) is 17.0 Å². The molecule has 1 fully saturated rings. The van der Waals surface area contributed by atoms with Crippen LogP contribution in [0.15, 0.2) is 59.4 Å². The first-order valence-electron chi connectivity index (χ1n) is 9.86. The fourth-order valence-corrected chi connectivity index (χ4v) is 4.34. The minimum Gasteiger partial charge on any atom is -0.496 e. The van der Waals surface area contributed by atoms with Gasteiger partial charge >= 0.3 is 0 Å². The number of hydrogen-bond acceptors (Lipinski definition) is 5.